The van der Waals surface area contributed by atoms with E-state index in [0.717, 1.165) is 0 Å². The number of rotatable bonds is 4. The van der Waals surface area contributed by atoms with Crippen LogP contribution in [-0.2, 0) is 6.42 Å². The first-order valence-corrected chi connectivity index (χ1v) is 6.86. The van der Waals surface area contributed by atoms with Gasteiger partial charge in [-0.1, -0.05) is 13.3 Å². The van der Waals surface area contributed by atoms with Gasteiger partial charge in [-0.2, -0.15) is 0 Å². The van der Waals surface area contributed by atoms with E-state index >= 15 is 0 Å². The number of hydrogen-bond donors (Lipinski definition) is 1. The van der Waals surface area contributed by atoms with Crippen LogP contribution in [0.4, 0.5) is 0 Å². The second-order valence-corrected chi connectivity index (χ2v) is 6.08. The molecule has 0 aromatic carbocycles. The first-order valence-electron chi connectivity index (χ1n) is 5.18. The van der Waals surface area contributed by atoms with Crippen LogP contribution in [-0.4, -0.2) is 13.1 Å². The SMILES string of the molecule is CCCC1(Cc2sccc2Br)CNC1. The molecule has 0 saturated carbocycles. The normalized spacial score (nSPS) is 19.3. The van der Waals surface area contributed by atoms with Crippen LogP contribution in [0.3, 0.4) is 0 Å². The Morgan fingerprint density at radius 2 is 2.36 bits per heavy atom. The van der Waals surface area contributed by atoms with Crippen molar-refractivity contribution in [3.8, 4) is 0 Å². The number of nitrogens with one attached hydrogen (secondary N) is 1. The molecule has 3 heteroatoms. The number of thiophene rings is 1. The molecule has 1 aromatic heterocycles. The highest BCUT2D eigenvalue weighted by molar-refractivity contribution is 9.10. The molecule has 1 fully saturated rings. The average Bonchev–Trinajstić information content (AvgIpc) is 2.48. The van der Waals surface area contributed by atoms with Crippen molar-refractivity contribution in [1.82, 2.24) is 5.32 Å². The van der Waals surface area contributed by atoms with Crippen LogP contribution < -0.4 is 5.32 Å². The van der Waals surface area contributed by atoms with Gasteiger partial charge in [-0.25, -0.2) is 0 Å². The predicted molar refractivity (Wildman–Crippen MR) is 65.9 cm³/mol. The number of halogens is 1. The monoisotopic (exact) mass is 273 g/mol. The van der Waals surface area contributed by atoms with Crippen molar-refractivity contribution in [3.63, 3.8) is 0 Å². The largest absolute Gasteiger partial charge is 0.316 e. The van der Waals surface area contributed by atoms with Gasteiger partial charge in [0, 0.05) is 27.9 Å². The molecule has 0 amide bonds. The topological polar surface area (TPSA) is 12.0 Å². The van der Waals surface area contributed by atoms with Crippen LogP contribution in [0.5, 0.6) is 0 Å². The Kier molecular flexibility index (Phi) is 3.30. The molecule has 2 heterocycles. The molecular weight excluding hydrogens is 258 g/mol. The Hall–Kier alpha value is 0.140. The van der Waals surface area contributed by atoms with Gasteiger partial charge in [-0.15, -0.1) is 11.3 Å². The summed E-state index contributed by atoms with van der Waals surface area (Å²) in [5.74, 6) is 0. The molecule has 1 nitrogen and oxygen atoms in total. The summed E-state index contributed by atoms with van der Waals surface area (Å²) in [6, 6.07) is 2.16. The van der Waals surface area contributed by atoms with Gasteiger partial charge in [0.05, 0.1) is 0 Å². The van der Waals surface area contributed by atoms with Crippen molar-refractivity contribution < 1.29 is 0 Å². The molecule has 1 saturated heterocycles. The summed E-state index contributed by atoms with van der Waals surface area (Å²) >= 11 is 5.49. The lowest BCUT2D eigenvalue weighted by atomic mass is 9.74. The third kappa shape index (κ3) is 2.05. The molecule has 1 aliphatic heterocycles. The Bertz CT molecular complexity index is 304. The van der Waals surface area contributed by atoms with Crippen LogP contribution >= 0.6 is 27.3 Å². The van der Waals surface area contributed by atoms with E-state index in [1.54, 1.807) is 0 Å². The zero-order chi connectivity index (χ0) is 10.0. The standard InChI is InChI=1S/C11H16BrNS/c1-2-4-11(7-13-8-11)6-10-9(12)3-5-14-10/h3,5,13H,2,4,6-8H2,1H3. The molecular formula is C11H16BrNS. The Morgan fingerprint density at radius 1 is 1.57 bits per heavy atom. The van der Waals surface area contributed by atoms with Crippen LogP contribution in [0.1, 0.15) is 24.6 Å². The van der Waals surface area contributed by atoms with Gasteiger partial charge < -0.3 is 5.32 Å². The molecule has 2 rings (SSSR count). The van der Waals surface area contributed by atoms with E-state index in [9.17, 15) is 0 Å². The smallest absolute Gasteiger partial charge is 0.0314 e. The Balaban J connectivity index is 2.05. The van der Waals surface area contributed by atoms with Crippen molar-refractivity contribution in [2.24, 2.45) is 5.41 Å². The van der Waals surface area contributed by atoms with Gasteiger partial charge in [0.15, 0.2) is 0 Å². The van der Waals surface area contributed by atoms with E-state index in [0.29, 0.717) is 5.41 Å². The van der Waals surface area contributed by atoms with Crippen molar-refractivity contribution in [3.05, 3.63) is 20.8 Å². The second kappa shape index (κ2) is 4.33. The highest BCUT2D eigenvalue weighted by atomic mass is 79.9. The summed E-state index contributed by atoms with van der Waals surface area (Å²) in [4.78, 5) is 1.51. The lowest BCUT2D eigenvalue weighted by Crippen LogP contribution is -2.54. The van der Waals surface area contributed by atoms with Crippen molar-refractivity contribution in [1.29, 1.82) is 0 Å². The van der Waals surface area contributed by atoms with Crippen LogP contribution in [0.15, 0.2) is 15.9 Å². The molecule has 1 aromatic rings. The lowest BCUT2D eigenvalue weighted by Gasteiger charge is -2.42. The molecule has 0 atom stereocenters. The molecule has 0 bridgehead atoms. The quantitative estimate of drug-likeness (QED) is 0.886. The van der Waals surface area contributed by atoms with E-state index < -0.39 is 0 Å². The molecule has 0 radical (unpaired) electrons. The lowest BCUT2D eigenvalue weighted by molar-refractivity contribution is 0.152. The molecule has 14 heavy (non-hydrogen) atoms. The van der Waals surface area contributed by atoms with E-state index in [2.05, 4.69) is 39.6 Å². The fourth-order valence-electron chi connectivity index (χ4n) is 2.19. The maximum Gasteiger partial charge on any atom is 0.0314 e. The van der Waals surface area contributed by atoms with Gasteiger partial charge in [0.2, 0.25) is 0 Å². The third-order valence-corrected chi connectivity index (χ3v) is 4.93. The van der Waals surface area contributed by atoms with Gasteiger partial charge >= 0.3 is 0 Å². The zero-order valence-electron chi connectivity index (χ0n) is 8.48. The van der Waals surface area contributed by atoms with Crippen LogP contribution in [0.2, 0.25) is 0 Å². The highest BCUT2D eigenvalue weighted by Gasteiger charge is 2.36. The fourth-order valence-corrected chi connectivity index (χ4v) is 3.86. The van der Waals surface area contributed by atoms with E-state index in [1.807, 2.05) is 11.3 Å². The second-order valence-electron chi connectivity index (χ2n) is 4.22. The predicted octanol–water partition coefficient (Wildman–Crippen LogP) is 3.44. The molecule has 1 aliphatic rings. The van der Waals surface area contributed by atoms with Gasteiger partial charge in [-0.3, -0.25) is 0 Å². The summed E-state index contributed by atoms with van der Waals surface area (Å²) in [5.41, 5.74) is 0.558. The first kappa shape index (κ1) is 10.7. The van der Waals surface area contributed by atoms with Gasteiger partial charge in [-0.05, 0) is 40.2 Å². The van der Waals surface area contributed by atoms with Crippen LogP contribution in [0.25, 0.3) is 0 Å². The summed E-state index contributed by atoms with van der Waals surface area (Å²) < 4.78 is 1.30. The summed E-state index contributed by atoms with van der Waals surface area (Å²) in [6.07, 6.45) is 3.89. The van der Waals surface area contributed by atoms with Crippen molar-refractivity contribution in [2.45, 2.75) is 26.2 Å². The fraction of sp³-hybridized carbons (Fsp3) is 0.636. The van der Waals surface area contributed by atoms with E-state index in [1.165, 1.54) is 41.7 Å². The van der Waals surface area contributed by atoms with E-state index in [4.69, 9.17) is 0 Å². The zero-order valence-corrected chi connectivity index (χ0v) is 10.9. The van der Waals surface area contributed by atoms with Gasteiger partial charge in [0.1, 0.15) is 0 Å². The maximum absolute atomic E-state index is 3.61. The Labute approximate surface area is 98.0 Å². The molecule has 1 N–H and O–H groups in total. The summed E-state index contributed by atoms with van der Waals surface area (Å²) in [5, 5.41) is 5.58. The first-order chi connectivity index (χ1) is 6.76. The molecule has 0 aliphatic carbocycles. The Morgan fingerprint density at radius 3 is 2.79 bits per heavy atom. The minimum atomic E-state index is 0.558. The van der Waals surface area contributed by atoms with E-state index in [-0.39, 0.29) is 0 Å². The molecule has 78 valence electrons. The minimum absolute atomic E-state index is 0.558. The van der Waals surface area contributed by atoms with Gasteiger partial charge in [0.25, 0.3) is 0 Å². The van der Waals surface area contributed by atoms with Crippen molar-refractivity contribution in [2.75, 3.05) is 13.1 Å². The highest BCUT2D eigenvalue weighted by Crippen LogP contribution is 2.36. The summed E-state index contributed by atoms with van der Waals surface area (Å²) in [7, 11) is 0. The third-order valence-electron chi connectivity index (χ3n) is 3.01. The molecule has 0 unspecified atom stereocenters. The summed E-state index contributed by atoms with van der Waals surface area (Å²) in [6.45, 7) is 4.68. The minimum Gasteiger partial charge on any atom is -0.316 e. The average molecular weight is 274 g/mol. The molecule has 0 spiro atoms. The maximum atomic E-state index is 3.61. The number of hydrogen-bond acceptors (Lipinski definition) is 2. The van der Waals surface area contributed by atoms with Crippen molar-refractivity contribution >= 4 is 27.3 Å². The van der Waals surface area contributed by atoms with Crippen LogP contribution in [0, 0.1) is 5.41 Å².